The SMILES string of the molecule is Clc1cccc(OCc2ccc(-c3nc(-c4cccs4)no3)cc2)c1. The fourth-order valence-electron chi connectivity index (χ4n) is 2.31. The van der Waals surface area contributed by atoms with Gasteiger partial charge in [0.25, 0.3) is 5.89 Å². The normalized spacial score (nSPS) is 10.8. The number of hydrogen-bond donors (Lipinski definition) is 0. The number of benzene rings is 2. The largest absolute Gasteiger partial charge is 0.489 e. The maximum absolute atomic E-state index is 5.95. The third kappa shape index (κ3) is 3.73. The highest BCUT2D eigenvalue weighted by Gasteiger charge is 2.11. The molecule has 0 radical (unpaired) electrons. The standard InChI is InChI=1S/C19H13ClN2O2S/c20-15-3-1-4-16(11-15)23-12-13-6-8-14(9-7-13)19-21-18(22-24-19)17-5-2-10-25-17/h1-11H,12H2. The molecule has 2 aromatic heterocycles. The lowest BCUT2D eigenvalue weighted by Gasteiger charge is -2.06. The van der Waals surface area contributed by atoms with Gasteiger partial charge in [-0.25, -0.2) is 0 Å². The first-order valence-electron chi connectivity index (χ1n) is 7.63. The van der Waals surface area contributed by atoms with Gasteiger partial charge < -0.3 is 9.26 Å². The Morgan fingerprint density at radius 3 is 2.68 bits per heavy atom. The summed E-state index contributed by atoms with van der Waals surface area (Å²) in [6, 6.07) is 19.1. The van der Waals surface area contributed by atoms with Gasteiger partial charge in [-0.2, -0.15) is 4.98 Å². The summed E-state index contributed by atoms with van der Waals surface area (Å²) in [6.07, 6.45) is 0. The third-order valence-corrected chi connectivity index (χ3v) is 4.67. The summed E-state index contributed by atoms with van der Waals surface area (Å²) in [5.41, 5.74) is 1.92. The van der Waals surface area contributed by atoms with Crippen LogP contribution in [0.25, 0.3) is 22.2 Å². The van der Waals surface area contributed by atoms with E-state index in [-0.39, 0.29) is 0 Å². The summed E-state index contributed by atoms with van der Waals surface area (Å²) >= 11 is 7.53. The molecule has 0 saturated carbocycles. The number of halogens is 1. The lowest BCUT2D eigenvalue weighted by molar-refractivity contribution is 0.306. The second kappa shape index (κ2) is 7.09. The van der Waals surface area contributed by atoms with Crippen LogP contribution in [-0.2, 0) is 6.61 Å². The van der Waals surface area contributed by atoms with Crippen LogP contribution in [0.1, 0.15) is 5.56 Å². The Labute approximate surface area is 153 Å². The molecule has 4 aromatic rings. The number of rotatable bonds is 5. The molecule has 0 amide bonds. The number of thiophene rings is 1. The van der Waals surface area contributed by atoms with E-state index in [1.54, 1.807) is 17.4 Å². The second-order valence-corrected chi connectivity index (χ2v) is 6.73. The van der Waals surface area contributed by atoms with Crippen LogP contribution in [-0.4, -0.2) is 10.1 Å². The van der Waals surface area contributed by atoms with Crippen molar-refractivity contribution in [1.29, 1.82) is 0 Å². The molecule has 0 bridgehead atoms. The highest BCUT2D eigenvalue weighted by molar-refractivity contribution is 7.13. The maximum Gasteiger partial charge on any atom is 0.258 e. The summed E-state index contributed by atoms with van der Waals surface area (Å²) in [6.45, 7) is 0.463. The van der Waals surface area contributed by atoms with Crippen molar-refractivity contribution in [2.75, 3.05) is 0 Å². The zero-order valence-corrected chi connectivity index (χ0v) is 14.6. The molecule has 25 heavy (non-hydrogen) atoms. The van der Waals surface area contributed by atoms with Gasteiger partial charge in [0.2, 0.25) is 5.82 Å². The van der Waals surface area contributed by atoms with E-state index in [4.69, 9.17) is 20.9 Å². The van der Waals surface area contributed by atoms with Crippen molar-refractivity contribution in [3.63, 3.8) is 0 Å². The lowest BCUT2D eigenvalue weighted by atomic mass is 10.1. The number of aromatic nitrogens is 2. The third-order valence-electron chi connectivity index (χ3n) is 3.57. The highest BCUT2D eigenvalue weighted by atomic mass is 35.5. The lowest BCUT2D eigenvalue weighted by Crippen LogP contribution is -1.95. The molecule has 4 nitrogen and oxygen atoms in total. The van der Waals surface area contributed by atoms with Crippen LogP contribution in [0.15, 0.2) is 70.6 Å². The van der Waals surface area contributed by atoms with Gasteiger partial charge in [0.15, 0.2) is 0 Å². The molecule has 0 aliphatic rings. The van der Waals surface area contributed by atoms with Crippen molar-refractivity contribution in [2.45, 2.75) is 6.61 Å². The van der Waals surface area contributed by atoms with E-state index in [0.717, 1.165) is 21.8 Å². The van der Waals surface area contributed by atoms with Crippen molar-refractivity contribution in [1.82, 2.24) is 10.1 Å². The predicted octanol–water partition coefficient (Wildman–Crippen LogP) is 5.70. The molecule has 0 aliphatic carbocycles. The average molecular weight is 369 g/mol. The van der Waals surface area contributed by atoms with Gasteiger partial charge in [-0.1, -0.05) is 41.0 Å². The first kappa shape index (κ1) is 15.9. The summed E-state index contributed by atoms with van der Waals surface area (Å²) < 4.78 is 11.1. The van der Waals surface area contributed by atoms with E-state index in [2.05, 4.69) is 10.1 Å². The molecule has 0 atom stereocenters. The molecule has 0 spiro atoms. The number of nitrogens with zero attached hydrogens (tertiary/aromatic N) is 2. The van der Waals surface area contributed by atoms with Crippen LogP contribution in [0.4, 0.5) is 0 Å². The molecule has 0 aliphatic heterocycles. The van der Waals surface area contributed by atoms with Gasteiger partial charge in [0.05, 0.1) is 4.88 Å². The minimum atomic E-state index is 0.463. The summed E-state index contributed by atoms with van der Waals surface area (Å²) in [4.78, 5) is 5.43. The van der Waals surface area contributed by atoms with Gasteiger partial charge in [-0.05, 0) is 47.3 Å². The Morgan fingerprint density at radius 2 is 1.92 bits per heavy atom. The van der Waals surface area contributed by atoms with Gasteiger partial charge >= 0.3 is 0 Å². The Bertz CT molecular complexity index is 965. The van der Waals surface area contributed by atoms with Crippen molar-refractivity contribution < 1.29 is 9.26 Å². The summed E-state index contributed by atoms with van der Waals surface area (Å²) in [5, 5.41) is 6.67. The Kier molecular flexibility index (Phi) is 4.50. The van der Waals surface area contributed by atoms with Crippen molar-refractivity contribution in [3.05, 3.63) is 76.6 Å². The summed E-state index contributed by atoms with van der Waals surface area (Å²) in [7, 11) is 0. The molecule has 2 heterocycles. The quantitative estimate of drug-likeness (QED) is 0.453. The van der Waals surface area contributed by atoms with Gasteiger partial charge in [0.1, 0.15) is 12.4 Å². The van der Waals surface area contributed by atoms with E-state index in [9.17, 15) is 0 Å². The topological polar surface area (TPSA) is 48.2 Å². The van der Waals surface area contributed by atoms with Crippen LogP contribution in [0.5, 0.6) is 5.75 Å². The van der Waals surface area contributed by atoms with E-state index in [1.807, 2.05) is 60.0 Å². The van der Waals surface area contributed by atoms with E-state index < -0.39 is 0 Å². The van der Waals surface area contributed by atoms with Gasteiger partial charge in [0, 0.05) is 10.6 Å². The van der Waals surface area contributed by atoms with E-state index >= 15 is 0 Å². The zero-order valence-electron chi connectivity index (χ0n) is 13.1. The summed E-state index contributed by atoms with van der Waals surface area (Å²) in [5.74, 6) is 1.86. The smallest absolute Gasteiger partial charge is 0.258 e. The van der Waals surface area contributed by atoms with Crippen LogP contribution < -0.4 is 4.74 Å². The predicted molar refractivity (Wildman–Crippen MR) is 98.8 cm³/mol. The molecule has 0 fully saturated rings. The van der Waals surface area contributed by atoms with Crippen LogP contribution in [0.2, 0.25) is 5.02 Å². The van der Waals surface area contributed by atoms with Gasteiger partial charge in [-0.15, -0.1) is 11.3 Å². The van der Waals surface area contributed by atoms with Crippen molar-refractivity contribution in [3.8, 4) is 27.9 Å². The molecule has 0 N–H and O–H groups in total. The minimum absolute atomic E-state index is 0.463. The molecule has 4 rings (SSSR count). The molecular weight excluding hydrogens is 356 g/mol. The number of hydrogen-bond acceptors (Lipinski definition) is 5. The molecule has 0 unspecified atom stereocenters. The van der Waals surface area contributed by atoms with Crippen LogP contribution >= 0.6 is 22.9 Å². The monoisotopic (exact) mass is 368 g/mol. The Hall–Kier alpha value is -2.63. The Balaban J connectivity index is 1.45. The maximum atomic E-state index is 5.95. The van der Waals surface area contributed by atoms with Crippen molar-refractivity contribution in [2.24, 2.45) is 0 Å². The van der Waals surface area contributed by atoms with E-state index in [1.165, 1.54) is 0 Å². The number of ether oxygens (including phenoxy) is 1. The van der Waals surface area contributed by atoms with E-state index in [0.29, 0.717) is 23.3 Å². The highest BCUT2D eigenvalue weighted by Crippen LogP contribution is 2.25. The fraction of sp³-hybridized carbons (Fsp3) is 0.0526. The minimum Gasteiger partial charge on any atom is -0.489 e. The Morgan fingerprint density at radius 1 is 1.04 bits per heavy atom. The molecule has 0 saturated heterocycles. The van der Waals surface area contributed by atoms with Crippen LogP contribution in [0, 0.1) is 0 Å². The first-order chi connectivity index (χ1) is 12.3. The first-order valence-corrected chi connectivity index (χ1v) is 8.89. The van der Waals surface area contributed by atoms with Gasteiger partial charge in [-0.3, -0.25) is 0 Å². The zero-order chi connectivity index (χ0) is 17.1. The average Bonchev–Trinajstić information content (AvgIpc) is 3.32. The molecular formula is C19H13ClN2O2S. The molecule has 124 valence electrons. The van der Waals surface area contributed by atoms with Crippen molar-refractivity contribution >= 4 is 22.9 Å². The fourth-order valence-corrected chi connectivity index (χ4v) is 3.14. The van der Waals surface area contributed by atoms with Crippen LogP contribution in [0.3, 0.4) is 0 Å². The molecule has 6 heteroatoms. The molecule has 2 aromatic carbocycles. The second-order valence-electron chi connectivity index (χ2n) is 5.34.